The van der Waals surface area contributed by atoms with Gasteiger partial charge in [-0.15, -0.1) is 0 Å². The Balaban J connectivity index is 1.59. The van der Waals surface area contributed by atoms with Gasteiger partial charge in [-0.05, 0) is 49.1 Å². The zero-order valence-electron chi connectivity index (χ0n) is 20.0. The molecule has 2 aromatic carbocycles. The summed E-state index contributed by atoms with van der Waals surface area (Å²) in [4.78, 5) is 39.3. The van der Waals surface area contributed by atoms with Gasteiger partial charge in [0.15, 0.2) is 0 Å². The van der Waals surface area contributed by atoms with Gasteiger partial charge >= 0.3 is 5.97 Å². The molecule has 1 saturated heterocycles. The van der Waals surface area contributed by atoms with Crippen molar-refractivity contribution in [2.45, 2.75) is 50.7 Å². The number of methoxy groups -OCH3 is 1. The number of carbonyl (C=O) groups excluding carboxylic acids is 3. The number of nitrogens with zero attached hydrogens (tertiary/aromatic N) is 1. The lowest BCUT2D eigenvalue weighted by Gasteiger charge is -2.44. The van der Waals surface area contributed by atoms with Crippen molar-refractivity contribution in [3.05, 3.63) is 70.8 Å². The van der Waals surface area contributed by atoms with Gasteiger partial charge in [0.2, 0.25) is 5.91 Å². The standard InChI is InChI=1S/C27H32N2O5/c1-4-22(30)28-23-20-11-6-7-12-21(20)27(24(23)34-5-2)13-15-29(16-14-27)25(31)18-9-8-10-19(17-18)26(32)33-3/h6-12,17,23-24H,4-5,13-16H2,1-3H3,(H,28,30)/t23-,24+/m1/s1. The summed E-state index contributed by atoms with van der Waals surface area (Å²) in [6.45, 7) is 5.49. The summed E-state index contributed by atoms with van der Waals surface area (Å²) in [7, 11) is 1.32. The number of fused-ring (bicyclic) bond motifs is 2. The van der Waals surface area contributed by atoms with Crippen molar-refractivity contribution >= 4 is 17.8 Å². The Morgan fingerprint density at radius 3 is 2.41 bits per heavy atom. The maximum atomic E-state index is 13.3. The van der Waals surface area contributed by atoms with Crippen LogP contribution in [0.25, 0.3) is 0 Å². The molecule has 2 aromatic rings. The Labute approximate surface area is 200 Å². The minimum absolute atomic E-state index is 0.000317. The highest BCUT2D eigenvalue weighted by atomic mass is 16.5. The number of hydrogen-bond donors (Lipinski definition) is 1. The van der Waals surface area contributed by atoms with Crippen LogP contribution < -0.4 is 5.32 Å². The largest absolute Gasteiger partial charge is 0.465 e. The van der Waals surface area contributed by atoms with Crippen LogP contribution >= 0.6 is 0 Å². The van der Waals surface area contributed by atoms with E-state index in [-0.39, 0.29) is 29.4 Å². The van der Waals surface area contributed by atoms with Crippen molar-refractivity contribution in [3.8, 4) is 0 Å². The number of benzene rings is 2. The van der Waals surface area contributed by atoms with E-state index in [1.54, 1.807) is 24.3 Å². The van der Waals surface area contributed by atoms with E-state index in [0.29, 0.717) is 37.2 Å². The normalized spacial score (nSPS) is 20.6. The third kappa shape index (κ3) is 4.20. The second-order valence-corrected chi connectivity index (χ2v) is 8.88. The maximum Gasteiger partial charge on any atom is 0.337 e. The van der Waals surface area contributed by atoms with Crippen molar-refractivity contribution in [3.63, 3.8) is 0 Å². The van der Waals surface area contributed by atoms with Crippen molar-refractivity contribution < 1.29 is 23.9 Å². The van der Waals surface area contributed by atoms with Gasteiger partial charge in [0, 0.05) is 37.1 Å². The van der Waals surface area contributed by atoms with Gasteiger partial charge in [-0.25, -0.2) is 4.79 Å². The molecule has 2 atom stereocenters. The van der Waals surface area contributed by atoms with Gasteiger partial charge in [0.05, 0.1) is 24.8 Å². The van der Waals surface area contributed by atoms with Gasteiger partial charge in [-0.3, -0.25) is 9.59 Å². The molecule has 7 heteroatoms. The van der Waals surface area contributed by atoms with E-state index in [1.165, 1.54) is 12.7 Å². The predicted molar refractivity (Wildman–Crippen MR) is 128 cm³/mol. The van der Waals surface area contributed by atoms with Crippen LogP contribution in [-0.2, 0) is 19.7 Å². The summed E-state index contributed by atoms with van der Waals surface area (Å²) < 4.78 is 11.1. The lowest BCUT2D eigenvalue weighted by atomic mass is 9.71. The Morgan fingerprint density at radius 1 is 1.03 bits per heavy atom. The van der Waals surface area contributed by atoms with Crippen LogP contribution in [0.5, 0.6) is 0 Å². The Morgan fingerprint density at radius 2 is 1.74 bits per heavy atom. The van der Waals surface area contributed by atoms with Gasteiger partial charge in [0.25, 0.3) is 5.91 Å². The van der Waals surface area contributed by atoms with Crippen molar-refractivity contribution in [1.82, 2.24) is 10.2 Å². The van der Waals surface area contributed by atoms with Crippen molar-refractivity contribution in [2.75, 3.05) is 26.8 Å². The number of ether oxygens (including phenoxy) is 2. The monoisotopic (exact) mass is 464 g/mol. The lowest BCUT2D eigenvalue weighted by Crippen LogP contribution is -2.52. The highest BCUT2D eigenvalue weighted by Crippen LogP contribution is 2.52. The van der Waals surface area contributed by atoms with Crippen LogP contribution in [0.15, 0.2) is 48.5 Å². The molecule has 180 valence electrons. The molecule has 4 rings (SSSR count). The quantitative estimate of drug-likeness (QED) is 0.660. The molecular formula is C27H32N2O5. The van der Waals surface area contributed by atoms with Crippen LogP contribution in [0.4, 0.5) is 0 Å². The molecule has 1 spiro atoms. The molecule has 0 aromatic heterocycles. The van der Waals surface area contributed by atoms with Crippen LogP contribution in [-0.4, -0.2) is 55.6 Å². The smallest absolute Gasteiger partial charge is 0.337 e. The van der Waals surface area contributed by atoms with E-state index in [0.717, 1.165) is 18.4 Å². The number of amides is 2. The SMILES string of the molecule is CCO[C@H]1[C@H](NC(=O)CC)c2ccccc2C12CCN(C(=O)c1cccc(C(=O)OC)c1)CC2. The molecule has 0 saturated carbocycles. The van der Waals surface area contributed by atoms with E-state index in [9.17, 15) is 14.4 Å². The summed E-state index contributed by atoms with van der Waals surface area (Å²) in [5.41, 5.74) is 2.86. The van der Waals surface area contributed by atoms with Gasteiger partial charge in [-0.2, -0.15) is 0 Å². The minimum atomic E-state index is -0.463. The fourth-order valence-electron chi connectivity index (χ4n) is 5.46. The molecule has 1 heterocycles. The molecule has 1 fully saturated rings. The van der Waals surface area contributed by atoms with E-state index < -0.39 is 5.97 Å². The predicted octanol–water partition coefficient (Wildman–Crippen LogP) is 3.63. The fourth-order valence-corrected chi connectivity index (χ4v) is 5.46. The minimum Gasteiger partial charge on any atom is -0.465 e. The number of nitrogens with one attached hydrogen (secondary N) is 1. The Bertz CT molecular complexity index is 1070. The first-order chi connectivity index (χ1) is 16.4. The average Bonchev–Trinajstić information content (AvgIpc) is 3.12. The lowest BCUT2D eigenvalue weighted by molar-refractivity contribution is -0.123. The van der Waals surface area contributed by atoms with Crippen LogP contribution in [0.1, 0.15) is 71.0 Å². The summed E-state index contributed by atoms with van der Waals surface area (Å²) in [5.74, 6) is -0.565. The molecule has 7 nitrogen and oxygen atoms in total. The second-order valence-electron chi connectivity index (χ2n) is 8.88. The summed E-state index contributed by atoms with van der Waals surface area (Å²) in [5, 5.41) is 3.19. The highest BCUT2D eigenvalue weighted by Gasteiger charge is 2.54. The Kier molecular flexibility index (Phi) is 7.03. The molecule has 2 aliphatic rings. The van der Waals surface area contributed by atoms with Crippen molar-refractivity contribution in [2.24, 2.45) is 0 Å². The number of esters is 1. The van der Waals surface area contributed by atoms with Crippen LogP contribution in [0.3, 0.4) is 0 Å². The van der Waals surface area contributed by atoms with Gasteiger partial charge in [-0.1, -0.05) is 37.3 Å². The van der Waals surface area contributed by atoms with E-state index in [2.05, 4.69) is 17.4 Å². The molecule has 34 heavy (non-hydrogen) atoms. The number of piperidine rings is 1. The maximum absolute atomic E-state index is 13.3. The molecule has 2 amide bonds. The zero-order chi connectivity index (χ0) is 24.3. The second kappa shape index (κ2) is 9.97. The number of rotatable bonds is 6. The van der Waals surface area contributed by atoms with Gasteiger partial charge in [0.1, 0.15) is 0 Å². The Hall–Kier alpha value is -3.19. The molecule has 0 bridgehead atoms. The zero-order valence-corrected chi connectivity index (χ0v) is 20.0. The van der Waals surface area contributed by atoms with E-state index in [1.807, 2.05) is 30.9 Å². The first-order valence-corrected chi connectivity index (χ1v) is 11.9. The third-order valence-electron chi connectivity index (χ3n) is 7.14. The van der Waals surface area contributed by atoms with Crippen LogP contribution in [0.2, 0.25) is 0 Å². The molecule has 1 aliphatic heterocycles. The highest BCUT2D eigenvalue weighted by molar-refractivity contribution is 5.98. The average molecular weight is 465 g/mol. The number of carbonyl (C=O) groups is 3. The molecular weight excluding hydrogens is 432 g/mol. The fraction of sp³-hybridized carbons (Fsp3) is 0.444. The summed E-state index contributed by atoms with van der Waals surface area (Å²) in [6.07, 6.45) is 1.69. The summed E-state index contributed by atoms with van der Waals surface area (Å²) in [6, 6.07) is 14.7. The molecule has 1 aliphatic carbocycles. The molecule has 0 radical (unpaired) electrons. The van der Waals surface area contributed by atoms with E-state index in [4.69, 9.17) is 9.47 Å². The molecule has 0 unspecified atom stereocenters. The third-order valence-corrected chi connectivity index (χ3v) is 7.14. The first-order valence-electron chi connectivity index (χ1n) is 11.9. The number of hydrogen-bond acceptors (Lipinski definition) is 5. The first kappa shape index (κ1) is 24.0. The topological polar surface area (TPSA) is 84.9 Å². The van der Waals surface area contributed by atoms with Crippen LogP contribution in [0, 0.1) is 0 Å². The summed E-state index contributed by atoms with van der Waals surface area (Å²) >= 11 is 0. The van der Waals surface area contributed by atoms with Crippen molar-refractivity contribution in [1.29, 1.82) is 0 Å². The van der Waals surface area contributed by atoms with E-state index >= 15 is 0 Å². The number of likely N-dealkylation sites (tertiary alicyclic amines) is 1. The molecule has 1 N–H and O–H groups in total. The van der Waals surface area contributed by atoms with Gasteiger partial charge < -0.3 is 19.7 Å².